The normalized spacial score (nSPS) is 11.3. The molecule has 0 radical (unpaired) electrons. The van der Waals surface area contributed by atoms with Gasteiger partial charge in [0.2, 0.25) is 0 Å². The van der Waals surface area contributed by atoms with Gasteiger partial charge in [-0.3, -0.25) is 0 Å². The Morgan fingerprint density at radius 1 is 1.10 bits per heavy atom. The maximum Gasteiger partial charge on any atom is 0.119 e. The highest BCUT2D eigenvalue weighted by Gasteiger charge is 2.01. The molecule has 0 aliphatic heterocycles. The largest absolute Gasteiger partial charge is 0.492 e. The first-order valence-corrected chi connectivity index (χ1v) is 7.87. The van der Waals surface area contributed by atoms with Gasteiger partial charge in [-0.1, -0.05) is 19.1 Å². The summed E-state index contributed by atoms with van der Waals surface area (Å²) >= 11 is 0. The summed E-state index contributed by atoms with van der Waals surface area (Å²) in [6, 6.07) is 8.34. The highest BCUT2D eigenvalue weighted by molar-refractivity contribution is 5.28. The van der Waals surface area contributed by atoms with E-state index < -0.39 is 0 Å². The van der Waals surface area contributed by atoms with Gasteiger partial charge < -0.3 is 19.9 Å². The fraction of sp³-hybridized carbons (Fsp3) is 0.647. The minimum atomic E-state index is 0.739. The molecule has 0 heterocycles. The molecule has 0 aliphatic carbocycles. The predicted molar refractivity (Wildman–Crippen MR) is 90.0 cm³/mol. The van der Waals surface area contributed by atoms with Crippen LogP contribution in [0.2, 0.25) is 0 Å². The van der Waals surface area contributed by atoms with Gasteiger partial charge in [-0.25, -0.2) is 0 Å². The van der Waals surface area contributed by atoms with Crippen LogP contribution in [0.3, 0.4) is 0 Å². The fourth-order valence-electron chi connectivity index (χ4n) is 2.10. The number of ether oxygens (including phenoxy) is 1. The minimum absolute atomic E-state index is 0.739. The lowest BCUT2D eigenvalue weighted by atomic mass is 10.2. The van der Waals surface area contributed by atoms with E-state index in [0.717, 1.165) is 45.1 Å². The summed E-state index contributed by atoms with van der Waals surface area (Å²) in [5.74, 6) is 0.965. The number of benzene rings is 1. The van der Waals surface area contributed by atoms with E-state index in [-0.39, 0.29) is 0 Å². The van der Waals surface area contributed by atoms with Crippen LogP contribution in [0.1, 0.15) is 18.9 Å². The van der Waals surface area contributed by atoms with Crippen molar-refractivity contribution >= 4 is 0 Å². The van der Waals surface area contributed by atoms with Crippen molar-refractivity contribution in [3.63, 3.8) is 0 Å². The van der Waals surface area contributed by atoms with Gasteiger partial charge in [0.15, 0.2) is 0 Å². The lowest BCUT2D eigenvalue weighted by molar-refractivity contribution is 0.229. The number of hydrogen-bond donors (Lipinski definition) is 1. The summed E-state index contributed by atoms with van der Waals surface area (Å²) in [5.41, 5.74) is 1.27. The molecule has 0 saturated heterocycles. The van der Waals surface area contributed by atoms with Gasteiger partial charge in [0.05, 0.1) is 0 Å². The molecular formula is C17H31N3O. The molecule has 0 aliphatic rings. The second-order valence-electron chi connectivity index (χ2n) is 5.74. The van der Waals surface area contributed by atoms with Gasteiger partial charge in [0, 0.05) is 13.1 Å². The first kappa shape index (κ1) is 18.0. The molecule has 0 aromatic heterocycles. The Balaban J connectivity index is 2.22. The fourth-order valence-corrected chi connectivity index (χ4v) is 2.10. The van der Waals surface area contributed by atoms with Gasteiger partial charge in [0.1, 0.15) is 12.4 Å². The predicted octanol–water partition coefficient (Wildman–Crippen LogP) is 2.06. The van der Waals surface area contributed by atoms with Crippen LogP contribution in [0.25, 0.3) is 0 Å². The molecule has 1 rings (SSSR count). The zero-order chi connectivity index (χ0) is 15.5. The monoisotopic (exact) mass is 293 g/mol. The Bertz CT molecular complexity index is 382. The van der Waals surface area contributed by atoms with Gasteiger partial charge in [-0.15, -0.1) is 0 Å². The molecule has 0 amide bonds. The Kier molecular flexibility index (Phi) is 9.06. The van der Waals surface area contributed by atoms with Crippen molar-refractivity contribution in [1.82, 2.24) is 15.1 Å². The van der Waals surface area contributed by atoms with E-state index in [1.165, 1.54) is 12.0 Å². The Morgan fingerprint density at radius 3 is 2.62 bits per heavy atom. The average Bonchev–Trinajstić information content (AvgIpc) is 2.45. The zero-order valence-electron chi connectivity index (χ0n) is 14.1. The third-order valence-electron chi connectivity index (χ3n) is 3.36. The summed E-state index contributed by atoms with van der Waals surface area (Å²) in [6.45, 7) is 7.96. The first-order chi connectivity index (χ1) is 10.1. The van der Waals surface area contributed by atoms with E-state index in [2.05, 4.69) is 61.4 Å². The van der Waals surface area contributed by atoms with Gasteiger partial charge in [0.25, 0.3) is 0 Å². The van der Waals surface area contributed by atoms with Crippen molar-refractivity contribution in [3.8, 4) is 5.75 Å². The van der Waals surface area contributed by atoms with Crippen LogP contribution in [0, 0.1) is 0 Å². The minimum Gasteiger partial charge on any atom is -0.492 e. The lowest BCUT2D eigenvalue weighted by Gasteiger charge is -2.18. The molecule has 1 aromatic rings. The first-order valence-electron chi connectivity index (χ1n) is 7.87. The molecule has 21 heavy (non-hydrogen) atoms. The summed E-state index contributed by atoms with van der Waals surface area (Å²) in [6.07, 6.45) is 1.20. The van der Waals surface area contributed by atoms with Gasteiger partial charge in [-0.05, 0) is 64.9 Å². The van der Waals surface area contributed by atoms with Gasteiger partial charge >= 0.3 is 0 Å². The van der Waals surface area contributed by atoms with Crippen molar-refractivity contribution in [3.05, 3.63) is 29.8 Å². The maximum absolute atomic E-state index is 5.84. The van der Waals surface area contributed by atoms with Crippen LogP contribution in [-0.2, 0) is 6.54 Å². The molecule has 120 valence electrons. The quantitative estimate of drug-likeness (QED) is 0.676. The van der Waals surface area contributed by atoms with Crippen LogP contribution < -0.4 is 10.1 Å². The number of likely N-dealkylation sites (N-methyl/N-ethyl adjacent to an activating group) is 1. The van der Waals surface area contributed by atoms with Crippen LogP contribution in [0.5, 0.6) is 5.75 Å². The summed E-state index contributed by atoms with van der Waals surface area (Å²) in [4.78, 5) is 4.55. The van der Waals surface area contributed by atoms with Crippen LogP contribution in [-0.4, -0.2) is 63.7 Å². The van der Waals surface area contributed by atoms with Crippen molar-refractivity contribution in [2.75, 3.05) is 53.9 Å². The molecule has 1 aromatic carbocycles. The van der Waals surface area contributed by atoms with Gasteiger partial charge in [-0.2, -0.15) is 0 Å². The summed E-state index contributed by atoms with van der Waals surface area (Å²) in [7, 11) is 6.38. The maximum atomic E-state index is 5.84. The molecule has 0 bridgehead atoms. The SMILES string of the molecule is CCNCc1cccc(OCCN(C)CCCN(C)C)c1. The third-order valence-corrected chi connectivity index (χ3v) is 3.36. The molecule has 0 fully saturated rings. The molecular weight excluding hydrogens is 262 g/mol. The molecule has 4 nitrogen and oxygen atoms in total. The average molecular weight is 293 g/mol. The van der Waals surface area contributed by atoms with Crippen molar-refractivity contribution in [2.45, 2.75) is 19.9 Å². The second kappa shape index (κ2) is 10.6. The van der Waals surface area contributed by atoms with Crippen LogP contribution in [0.4, 0.5) is 0 Å². The number of rotatable bonds is 11. The molecule has 1 N–H and O–H groups in total. The standard InChI is InChI=1S/C17H31N3O/c1-5-18-15-16-8-6-9-17(14-16)21-13-12-20(4)11-7-10-19(2)3/h6,8-9,14,18H,5,7,10-13,15H2,1-4H3. The second-order valence-corrected chi connectivity index (χ2v) is 5.74. The van der Waals surface area contributed by atoms with Crippen molar-refractivity contribution in [2.24, 2.45) is 0 Å². The number of nitrogens with one attached hydrogen (secondary N) is 1. The molecule has 0 saturated carbocycles. The van der Waals surface area contributed by atoms with Crippen molar-refractivity contribution < 1.29 is 4.74 Å². The highest BCUT2D eigenvalue weighted by atomic mass is 16.5. The smallest absolute Gasteiger partial charge is 0.119 e. The Labute approximate surface area is 130 Å². The van der Waals surface area contributed by atoms with Crippen LogP contribution >= 0.6 is 0 Å². The topological polar surface area (TPSA) is 27.7 Å². The number of nitrogens with zero attached hydrogens (tertiary/aromatic N) is 2. The molecule has 0 spiro atoms. The molecule has 4 heteroatoms. The van der Waals surface area contributed by atoms with E-state index in [1.807, 2.05) is 6.07 Å². The molecule has 0 unspecified atom stereocenters. The van der Waals surface area contributed by atoms with E-state index in [9.17, 15) is 0 Å². The number of hydrogen-bond acceptors (Lipinski definition) is 4. The summed E-state index contributed by atoms with van der Waals surface area (Å²) in [5, 5.41) is 3.33. The van der Waals surface area contributed by atoms with E-state index in [1.54, 1.807) is 0 Å². The van der Waals surface area contributed by atoms with E-state index in [4.69, 9.17) is 4.74 Å². The zero-order valence-corrected chi connectivity index (χ0v) is 14.1. The van der Waals surface area contributed by atoms with E-state index >= 15 is 0 Å². The lowest BCUT2D eigenvalue weighted by Crippen LogP contribution is -2.27. The Hall–Kier alpha value is -1.10. The van der Waals surface area contributed by atoms with Crippen LogP contribution in [0.15, 0.2) is 24.3 Å². The van der Waals surface area contributed by atoms with Crippen molar-refractivity contribution in [1.29, 1.82) is 0 Å². The van der Waals surface area contributed by atoms with E-state index in [0.29, 0.717) is 0 Å². The third kappa shape index (κ3) is 8.71. The highest BCUT2D eigenvalue weighted by Crippen LogP contribution is 2.13. The molecule has 0 atom stereocenters. The Morgan fingerprint density at radius 2 is 1.90 bits per heavy atom. The summed E-state index contributed by atoms with van der Waals surface area (Å²) < 4.78 is 5.84.